The van der Waals surface area contributed by atoms with Crippen molar-refractivity contribution >= 4 is 6.09 Å². The monoisotopic (exact) mass is 234 g/mol. The van der Waals surface area contributed by atoms with Crippen molar-refractivity contribution in [3.63, 3.8) is 0 Å². The number of hydrogen-bond acceptors (Lipinski definition) is 3. The molecule has 0 saturated carbocycles. The molecule has 1 aromatic rings. The van der Waals surface area contributed by atoms with Gasteiger partial charge in [-0.1, -0.05) is 30.3 Å². The van der Waals surface area contributed by atoms with E-state index in [0.29, 0.717) is 19.2 Å². The maximum atomic E-state index is 11.8. The molecule has 2 rings (SSSR count). The van der Waals surface area contributed by atoms with E-state index in [-0.39, 0.29) is 6.09 Å². The first-order chi connectivity index (χ1) is 8.25. The minimum Gasteiger partial charge on any atom is -0.445 e. The highest BCUT2D eigenvalue weighted by Gasteiger charge is 2.21. The Kier molecular flexibility index (Phi) is 3.98. The van der Waals surface area contributed by atoms with Crippen molar-refractivity contribution in [1.29, 1.82) is 0 Å². The molecule has 0 bridgehead atoms. The van der Waals surface area contributed by atoms with E-state index in [2.05, 4.69) is 12.2 Å². The Labute approximate surface area is 102 Å². The van der Waals surface area contributed by atoms with Crippen molar-refractivity contribution in [2.24, 2.45) is 0 Å². The number of hydrogen-bond donors (Lipinski definition) is 1. The fourth-order valence-electron chi connectivity index (χ4n) is 1.91. The van der Waals surface area contributed by atoms with Crippen LogP contribution in [-0.4, -0.2) is 36.7 Å². The summed E-state index contributed by atoms with van der Waals surface area (Å²) in [5, 5.41) is 3.29. The smallest absolute Gasteiger partial charge is 0.410 e. The van der Waals surface area contributed by atoms with E-state index in [4.69, 9.17) is 4.74 Å². The molecule has 1 amide bonds. The minimum absolute atomic E-state index is 0.220. The van der Waals surface area contributed by atoms with E-state index in [9.17, 15) is 4.79 Å². The zero-order valence-corrected chi connectivity index (χ0v) is 10.1. The standard InChI is InChI=1S/C13H18N2O2/c1-11-9-15(8-7-14-11)13(16)17-10-12-5-3-2-4-6-12/h2-6,11,14H,7-10H2,1H3. The first-order valence-corrected chi connectivity index (χ1v) is 5.95. The Hall–Kier alpha value is -1.55. The van der Waals surface area contributed by atoms with Crippen LogP contribution in [0, 0.1) is 0 Å². The molecule has 1 fully saturated rings. The molecule has 1 unspecified atom stereocenters. The first kappa shape index (κ1) is 11.9. The van der Waals surface area contributed by atoms with Crippen molar-refractivity contribution in [2.45, 2.75) is 19.6 Å². The van der Waals surface area contributed by atoms with Gasteiger partial charge in [0.05, 0.1) is 0 Å². The van der Waals surface area contributed by atoms with Gasteiger partial charge in [0.1, 0.15) is 6.61 Å². The molecule has 0 radical (unpaired) electrons. The van der Waals surface area contributed by atoms with Crippen LogP contribution in [0.2, 0.25) is 0 Å². The highest BCUT2D eigenvalue weighted by Crippen LogP contribution is 2.05. The minimum atomic E-state index is -0.220. The lowest BCUT2D eigenvalue weighted by Crippen LogP contribution is -2.51. The Morgan fingerprint density at radius 2 is 2.24 bits per heavy atom. The molecule has 0 aliphatic carbocycles. The number of carbonyl (C=O) groups excluding carboxylic acids is 1. The van der Waals surface area contributed by atoms with E-state index in [1.165, 1.54) is 0 Å². The molecule has 0 spiro atoms. The Morgan fingerprint density at radius 3 is 2.94 bits per heavy atom. The van der Waals surface area contributed by atoms with Crippen LogP contribution in [0.15, 0.2) is 30.3 Å². The second-order valence-corrected chi connectivity index (χ2v) is 4.34. The molecule has 0 aromatic heterocycles. The van der Waals surface area contributed by atoms with Gasteiger partial charge in [0.15, 0.2) is 0 Å². The van der Waals surface area contributed by atoms with Gasteiger partial charge in [0.2, 0.25) is 0 Å². The van der Waals surface area contributed by atoms with Gasteiger partial charge in [-0.05, 0) is 12.5 Å². The Balaban J connectivity index is 1.81. The molecule has 1 heterocycles. The van der Waals surface area contributed by atoms with E-state index < -0.39 is 0 Å². The lowest BCUT2D eigenvalue weighted by Gasteiger charge is -2.31. The number of piperazine rings is 1. The number of ether oxygens (including phenoxy) is 1. The Morgan fingerprint density at radius 1 is 1.47 bits per heavy atom. The number of carbonyl (C=O) groups is 1. The molecule has 4 nitrogen and oxygen atoms in total. The van der Waals surface area contributed by atoms with Gasteiger partial charge < -0.3 is 15.0 Å². The van der Waals surface area contributed by atoms with Crippen molar-refractivity contribution < 1.29 is 9.53 Å². The predicted octanol–water partition coefficient (Wildman–Crippen LogP) is 1.62. The third-order valence-corrected chi connectivity index (χ3v) is 2.83. The second kappa shape index (κ2) is 5.68. The summed E-state index contributed by atoms with van der Waals surface area (Å²) >= 11 is 0. The van der Waals surface area contributed by atoms with Crippen LogP contribution in [-0.2, 0) is 11.3 Å². The largest absolute Gasteiger partial charge is 0.445 e. The van der Waals surface area contributed by atoms with E-state index in [0.717, 1.165) is 18.7 Å². The topological polar surface area (TPSA) is 41.6 Å². The van der Waals surface area contributed by atoms with Gasteiger partial charge in [-0.3, -0.25) is 0 Å². The number of benzene rings is 1. The molecule has 1 aliphatic rings. The van der Waals surface area contributed by atoms with Crippen molar-refractivity contribution in [2.75, 3.05) is 19.6 Å². The fourth-order valence-corrected chi connectivity index (χ4v) is 1.91. The summed E-state index contributed by atoms with van der Waals surface area (Å²) in [7, 11) is 0. The van der Waals surface area contributed by atoms with Gasteiger partial charge in [-0.25, -0.2) is 4.79 Å². The van der Waals surface area contributed by atoms with Crippen LogP contribution in [0.1, 0.15) is 12.5 Å². The highest BCUT2D eigenvalue weighted by molar-refractivity contribution is 5.67. The van der Waals surface area contributed by atoms with Gasteiger partial charge in [-0.15, -0.1) is 0 Å². The van der Waals surface area contributed by atoms with Gasteiger partial charge in [0, 0.05) is 25.7 Å². The summed E-state index contributed by atoms with van der Waals surface area (Å²) in [5.41, 5.74) is 1.02. The summed E-state index contributed by atoms with van der Waals surface area (Å²) in [6.07, 6.45) is -0.220. The first-order valence-electron chi connectivity index (χ1n) is 5.95. The average molecular weight is 234 g/mol. The zero-order valence-electron chi connectivity index (χ0n) is 10.1. The summed E-state index contributed by atoms with van der Waals surface area (Å²) in [6.45, 7) is 4.68. The molecule has 1 aliphatic heterocycles. The molecule has 1 aromatic carbocycles. The van der Waals surface area contributed by atoms with Crippen molar-refractivity contribution in [1.82, 2.24) is 10.2 Å². The molecule has 4 heteroatoms. The SMILES string of the molecule is CC1CN(C(=O)OCc2ccccc2)CCN1. The van der Waals surface area contributed by atoms with Crippen LogP contribution in [0.3, 0.4) is 0 Å². The van der Waals surface area contributed by atoms with E-state index >= 15 is 0 Å². The van der Waals surface area contributed by atoms with Gasteiger partial charge in [-0.2, -0.15) is 0 Å². The second-order valence-electron chi connectivity index (χ2n) is 4.34. The maximum Gasteiger partial charge on any atom is 0.410 e. The van der Waals surface area contributed by atoms with Gasteiger partial charge >= 0.3 is 6.09 Å². The van der Waals surface area contributed by atoms with Crippen LogP contribution in [0.25, 0.3) is 0 Å². The summed E-state index contributed by atoms with van der Waals surface area (Å²) in [4.78, 5) is 13.5. The van der Waals surface area contributed by atoms with Crippen molar-refractivity contribution in [3.8, 4) is 0 Å². The lowest BCUT2D eigenvalue weighted by molar-refractivity contribution is 0.0862. The van der Waals surface area contributed by atoms with Crippen LogP contribution in [0.5, 0.6) is 0 Å². The quantitative estimate of drug-likeness (QED) is 0.845. The molecule has 1 atom stereocenters. The molecular formula is C13H18N2O2. The highest BCUT2D eigenvalue weighted by atomic mass is 16.6. The Bertz CT molecular complexity index is 367. The number of nitrogens with zero attached hydrogens (tertiary/aromatic N) is 1. The lowest BCUT2D eigenvalue weighted by atomic mass is 10.2. The number of rotatable bonds is 2. The van der Waals surface area contributed by atoms with Crippen LogP contribution in [0.4, 0.5) is 4.79 Å². The zero-order chi connectivity index (χ0) is 12.1. The van der Waals surface area contributed by atoms with E-state index in [1.807, 2.05) is 30.3 Å². The van der Waals surface area contributed by atoms with Crippen LogP contribution < -0.4 is 5.32 Å². The average Bonchev–Trinajstić information content (AvgIpc) is 2.37. The molecule has 17 heavy (non-hydrogen) atoms. The molecular weight excluding hydrogens is 216 g/mol. The van der Waals surface area contributed by atoms with E-state index in [1.54, 1.807) is 4.90 Å². The molecule has 1 N–H and O–H groups in total. The summed E-state index contributed by atoms with van der Waals surface area (Å²) in [6, 6.07) is 10.1. The molecule has 1 saturated heterocycles. The maximum absolute atomic E-state index is 11.8. The predicted molar refractivity (Wildman–Crippen MR) is 65.7 cm³/mol. The normalized spacial score (nSPS) is 20.1. The summed E-state index contributed by atoms with van der Waals surface area (Å²) < 4.78 is 5.28. The number of amides is 1. The third kappa shape index (κ3) is 3.46. The van der Waals surface area contributed by atoms with Crippen molar-refractivity contribution in [3.05, 3.63) is 35.9 Å². The number of nitrogens with one attached hydrogen (secondary N) is 1. The van der Waals surface area contributed by atoms with Gasteiger partial charge in [0.25, 0.3) is 0 Å². The molecule has 92 valence electrons. The summed E-state index contributed by atoms with van der Waals surface area (Å²) in [5.74, 6) is 0. The fraction of sp³-hybridized carbons (Fsp3) is 0.462. The van der Waals surface area contributed by atoms with Crippen LogP contribution >= 0.6 is 0 Å². The third-order valence-electron chi connectivity index (χ3n) is 2.83.